The van der Waals surface area contributed by atoms with Gasteiger partial charge in [-0.3, -0.25) is 4.79 Å². The molecular formula is C17H21F2N3O3S3. The summed E-state index contributed by atoms with van der Waals surface area (Å²) in [6.07, 6.45) is 2.21. The maximum absolute atomic E-state index is 13.9. The molecule has 154 valence electrons. The van der Waals surface area contributed by atoms with Crippen molar-refractivity contribution in [1.29, 1.82) is 0 Å². The predicted octanol–water partition coefficient (Wildman–Crippen LogP) is 1.91. The number of halogens is 2. The lowest BCUT2D eigenvalue weighted by atomic mass is 10.3. The quantitative estimate of drug-likeness (QED) is 0.655. The first-order valence-electron chi connectivity index (χ1n) is 8.94. The molecule has 3 rings (SSSR count). The van der Waals surface area contributed by atoms with Gasteiger partial charge in [-0.1, -0.05) is 30.0 Å². The van der Waals surface area contributed by atoms with Crippen molar-refractivity contribution in [3.63, 3.8) is 0 Å². The average molecular weight is 450 g/mol. The van der Waals surface area contributed by atoms with Crippen LogP contribution in [0.4, 0.5) is 8.78 Å². The Balaban J connectivity index is 1.55. The van der Waals surface area contributed by atoms with E-state index in [1.807, 2.05) is 0 Å². The Hall–Kier alpha value is -1.30. The second-order valence-electron chi connectivity index (χ2n) is 6.58. The Morgan fingerprint density at radius 2 is 1.57 bits per heavy atom. The van der Waals surface area contributed by atoms with Gasteiger partial charge in [-0.15, -0.1) is 0 Å². The second-order valence-corrected chi connectivity index (χ2v) is 10.1. The average Bonchev–Trinajstić information content (AvgIpc) is 3.20. The molecule has 2 saturated heterocycles. The van der Waals surface area contributed by atoms with E-state index in [0.29, 0.717) is 4.32 Å². The summed E-state index contributed by atoms with van der Waals surface area (Å²) in [5.41, 5.74) is 0. The van der Waals surface area contributed by atoms with Crippen molar-refractivity contribution in [1.82, 2.24) is 14.1 Å². The van der Waals surface area contributed by atoms with Gasteiger partial charge in [0.1, 0.15) is 16.0 Å². The first-order valence-corrected chi connectivity index (χ1v) is 11.8. The van der Waals surface area contributed by atoms with Crippen LogP contribution in [0.15, 0.2) is 23.1 Å². The van der Waals surface area contributed by atoms with Crippen molar-refractivity contribution in [3.8, 4) is 0 Å². The Kier molecular flexibility index (Phi) is 6.89. The van der Waals surface area contributed by atoms with Crippen LogP contribution in [-0.2, 0) is 14.8 Å². The highest BCUT2D eigenvalue weighted by Crippen LogP contribution is 2.24. The summed E-state index contributed by atoms with van der Waals surface area (Å²) >= 11 is 6.66. The number of rotatable bonds is 4. The minimum atomic E-state index is -4.30. The number of likely N-dealkylation sites (tertiary alicyclic amines) is 1. The van der Waals surface area contributed by atoms with E-state index >= 15 is 0 Å². The number of carbonyl (C=O) groups excluding carboxylic acids is 1. The number of nitrogens with zero attached hydrogens (tertiary/aromatic N) is 3. The van der Waals surface area contributed by atoms with Crippen LogP contribution in [0.5, 0.6) is 0 Å². The summed E-state index contributed by atoms with van der Waals surface area (Å²) in [5, 5.41) is 0. The number of hydrogen-bond acceptors (Lipinski definition) is 5. The Morgan fingerprint density at radius 1 is 1.00 bits per heavy atom. The first kappa shape index (κ1) is 21.4. The molecule has 2 aliphatic heterocycles. The third-order valence-corrected chi connectivity index (χ3v) is 8.25. The molecule has 2 heterocycles. The molecule has 1 aromatic carbocycles. The number of benzene rings is 1. The summed E-state index contributed by atoms with van der Waals surface area (Å²) in [7, 11) is -4.30. The lowest BCUT2D eigenvalue weighted by Gasteiger charge is -2.34. The fourth-order valence-corrected chi connectivity index (χ4v) is 5.93. The van der Waals surface area contributed by atoms with E-state index in [1.165, 1.54) is 11.8 Å². The van der Waals surface area contributed by atoms with E-state index in [2.05, 4.69) is 4.90 Å². The van der Waals surface area contributed by atoms with Gasteiger partial charge in [0.05, 0.1) is 5.75 Å². The molecule has 0 bridgehead atoms. The number of thioether (sulfide) groups is 1. The van der Waals surface area contributed by atoms with Gasteiger partial charge in [-0.05, 0) is 25.0 Å². The lowest BCUT2D eigenvalue weighted by Crippen LogP contribution is -2.51. The van der Waals surface area contributed by atoms with Gasteiger partial charge in [0.2, 0.25) is 15.9 Å². The summed E-state index contributed by atoms with van der Waals surface area (Å²) in [6.45, 7) is 2.16. The van der Waals surface area contributed by atoms with Crippen LogP contribution in [-0.4, -0.2) is 77.8 Å². The zero-order valence-corrected chi connectivity index (χ0v) is 17.6. The third kappa shape index (κ3) is 4.64. The van der Waals surface area contributed by atoms with E-state index < -0.39 is 26.6 Å². The lowest BCUT2D eigenvalue weighted by molar-refractivity contribution is -0.129. The topological polar surface area (TPSA) is 60.9 Å². The summed E-state index contributed by atoms with van der Waals surface area (Å²) in [5.74, 6) is -2.17. The number of hydrogen-bond donors (Lipinski definition) is 0. The van der Waals surface area contributed by atoms with Crippen LogP contribution in [0, 0.1) is 11.6 Å². The van der Waals surface area contributed by atoms with Crippen molar-refractivity contribution in [2.24, 2.45) is 0 Å². The largest absolute Gasteiger partial charge is 0.358 e. The van der Waals surface area contributed by atoms with Gasteiger partial charge in [0.15, 0.2) is 4.90 Å². The van der Waals surface area contributed by atoms with E-state index in [9.17, 15) is 22.0 Å². The van der Waals surface area contributed by atoms with Crippen molar-refractivity contribution >= 4 is 44.2 Å². The molecule has 11 heteroatoms. The van der Waals surface area contributed by atoms with Gasteiger partial charge in [0.25, 0.3) is 0 Å². The molecule has 0 saturated carbocycles. The molecule has 0 spiro atoms. The predicted molar refractivity (Wildman–Crippen MR) is 108 cm³/mol. The highest BCUT2D eigenvalue weighted by atomic mass is 32.2. The molecular weight excluding hydrogens is 428 g/mol. The number of thiocarbonyl (C=S) groups is 1. The molecule has 0 unspecified atom stereocenters. The van der Waals surface area contributed by atoms with Gasteiger partial charge in [-0.2, -0.15) is 4.31 Å². The SMILES string of the molecule is O=C(CSC(=S)N1CCCC1)N1CCN(S(=O)(=O)c2c(F)cccc2F)CC1. The van der Waals surface area contributed by atoms with Crippen molar-refractivity contribution in [3.05, 3.63) is 29.8 Å². The Bertz CT molecular complexity index is 832. The van der Waals surface area contributed by atoms with Gasteiger partial charge in [-0.25, -0.2) is 17.2 Å². The van der Waals surface area contributed by atoms with E-state index in [0.717, 1.165) is 48.4 Å². The molecule has 0 aliphatic carbocycles. The van der Waals surface area contributed by atoms with Crippen LogP contribution in [0.3, 0.4) is 0 Å². The van der Waals surface area contributed by atoms with Crippen LogP contribution < -0.4 is 0 Å². The number of carbonyl (C=O) groups is 1. The summed E-state index contributed by atoms with van der Waals surface area (Å²) < 4.78 is 54.7. The number of piperazine rings is 1. The molecule has 2 fully saturated rings. The normalized spacial score (nSPS) is 18.5. The molecule has 6 nitrogen and oxygen atoms in total. The molecule has 0 N–H and O–H groups in total. The minimum absolute atomic E-state index is 0.0108. The molecule has 0 atom stereocenters. The highest BCUT2D eigenvalue weighted by molar-refractivity contribution is 8.23. The van der Waals surface area contributed by atoms with Crippen LogP contribution >= 0.6 is 24.0 Å². The molecule has 1 aromatic rings. The van der Waals surface area contributed by atoms with E-state index in [-0.39, 0.29) is 37.8 Å². The molecule has 0 aromatic heterocycles. The maximum Gasteiger partial charge on any atom is 0.249 e. The van der Waals surface area contributed by atoms with Crippen LogP contribution in [0.25, 0.3) is 0 Å². The van der Waals surface area contributed by atoms with Crippen molar-refractivity contribution < 1.29 is 22.0 Å². The van der Waals surface area contributed by atoms with Crippen molar-refractivity contribution in [2.45, 2.75) is 17.7 Å². The Morgan fingerprint density at radius 3 is 2.14 bits per heavy atom. The van der Waals surface area contributed by atoms with Gasteiger partial charge >= 0.3 is 0 Å². The van der Waals surface area contributed by atoms with Crippen LogP contribution in [0.1, 0.15) is 12.8 Å². The zero-order chi connectivity index (χ0) is 20.3. The second kappa shape index (κ2) is 9.02. The van der Waals surface area contributed by atoms with Gasteiger partial charge < -0.3 is 9.80 Å². The molecule has 1 amide bonds. The Labute approximate surface area is 172 Å². The van der Waals surface area contributed by atoms with E-state index in [4.69, 9.17) is 12.2 Å². The highest BCUT2D eigenvalue weighted by Gasteiger charge is 2.34. The van der Waals surface area contributed by atoms with Gasteiger partial charge in [0, 0.05) is 39.3 Å². The third-order valence-electron chi connectivity index (χ3n) is 4.79. The number of sulfonamides is 1. The molecule has 28 heavy (non-hydrogen) atoms. The smallest absolute Gasteiger partial charge is 0.249 e. The minimum Gasteiger partial charge on any atom is -0.358 e. The monoisotopic (exact) mass is 449 g/mol. The summed E-state index contributed by atoms with van der Waals surface area (Å²) in [6, 6.07) is 2.94. The molecule has 2 aliphatic rings. The molecule has 0 radical (unpaired) electrons. The van der Waals surface area contributed by atoms with Crippen molar-refractivity contribution in [2.75, 3.05) is 45.0 Å². The fourth-order valence-electron chi connectivity index (χ4n) is 3.24. The maximum atomic E-state index is 13.9. The van der Waals surface area contributed by atoms with E-state index in [1.54, 1.807) is 4.90 Å². The standard InChI is InChI=1S/C17H21F2N3O3S3/c18-13-4-3-5-14(19)16(13)28(24,25)22-10-8-20(9-11-22)15(23)12-27-17(26)21-6-1-2-7-21/h3-5H,1-2,6-12H2. The summed E-state index contributed by atoms with van der Waals surface area (Å²) in [4.78, 5) is 15.1. The fraction of sp³-hybridized carbons (Fsp3) is 0.529. The number of amides is 1. The van der Waals surface area contributed by atoms with Crippen LogP contribution in [0.2, 0.25) is 0 Å². The first-order chi connectivity index (χ1) is 13.3. The zero-order valence-electron chi connectivity index (χ0n) is 15.1.